The maximum Gasteiger partial charge on any atom is 0.323 e. The fraction of sp³-hybridized carbons (Fsp3) is 0.268. The maximum absolute atomic E-state index is 14.3. The molecule has 7 rings (SSSR count). The molecule has 17 nitrogen and oxygen atoms in total. The lowest BCUT2D eigenvalue weighted by atomic mass is 9.54. The molecule has 0 spiro atoms. The average molecular weight is 827 g/mol. The van der Waals surface area contributed by atoms with E-state index in [2.05, 4.69) is 15.4 Å². The molecule has 18 heteroatoms. The Morgan fingerprint density at radius 2 is 1.54 bits per heavy atom. The lowest BCUT2D eigenvalue weighted by Crippen LogP contribution is -2.70. The van der Waals surface area contributed by atoms with Gasteiger partial charge in [-0.1, -0.05) is 31.2 Å². The van der Waals surface area contributed by atoms with Crippen LogP contribution in [0.2, 0.25) is 0 Å². The third-order valence-electron chi connectivity index (χ3n) is 11.4. The van der Waals surface area contributed by atoms with Crippen LogP contribution < -0.4 is 26.0 Å². The molecular weight excluding hydrogens is 785 g/mol. The Morgan fingerprint density at radius 1 is 0.881 bits per heavy atom. The number of carbonyl (C=O) groups is 4. The van der Waals surface area contributed by atoms with Crippen LogP contribution in [0.4, 0.5) is 27.5 Å². The Kier molecular flexibility index (Phi) is 9.95. The molecule has 308 valence electrons. The Hall–Kier alpha value is -6.47. The number of carbonyl (C=O) groups excluding carboxylic acids is 4. The van der Waals surface area contributed by atoms with Gasteiger partial charge in [-0.05, 0) is 79.5 Å². The van der Waals surface area contributed by atoms with Crippen molar-refractivity contribution in [1.29, 1.82) is 0 Å². The van der Waals surface area contributed by atoms with Crippen LogP contribution in [-0.2, 0) is 24.4 Å². The Morgan fingerprint density at radius 3 is 2.17 bits per heavy atom. The van der Waals surface area contributed by atoms with Crippen LogP contribution in [0.25, 0.3) is 16.5 Å². The molecule has 6 unspecified atom stereocenters. The molecular formula is C41H42N6O11S. The standard InChI is InChI=1S/C41H42N6O11S/c1-18-23-15-16-25(33(48)28(23)34(49)29-27(18)35(50)31-32(47(4)5)36(51)30(39(42)54)38(53)41(31,56)37(29)52)44-40(55)43-20-9-11-21(12-10-20)45-59(57,58)22-13-14-24-19(17-22)7-6-8-26(24)46(2)3/h6-18,27,31-32,35,45,48-50,53,56H,1-5H3,(H2,42,54)(H2,43,44,55). The van der Waals surface area contributed by atoms with Crippen LogP contribution in [0, 0.1) is 11.8 Å². The van der Waals surface area contributed by atoms with E-state index in [0.717, 1.165) is 16.5 Å². The summed E-state index contributed by atoms with van der Waals surface area (Å²) in [5.74, 6) is -10.4. The predicted octanol–water partition coefficient (Wildman–Crippen LogP) is 3.16. The molecule has 3 aliphatic carbocycles. The van der Waals surface area contributed by atoms with E-state index in [4.69, 9.17) is 5.73 Å². The summed E-state index contributed by atoms with van der Waals surface area (Å²) in [6.45, 7) is 1.59. The maximum atomic E-state index is 14.3. The number of Topliss-reactive ketones (excluding diaryl/α,β-unsaturated/α-hetero) is 2. The molecule has 0 aliphatic heterocycles. The van der Waals surface area contributed by atoms with Crippen molar-refractivity contribution in [2.24, 2.45) is 17.6 Å². The zero-order valence-electron chi connectivity index (χ0n) is 32.4. The zero-order valence-corrected chi connectivity index (χ0v) is 33.2. The number of phenolic OH excluding ortho intramolecular Hbond substituents is 1. The van der Waals surface area contributed by atoms with Crippen molar-refractivity contribution < 1.29 is 53.1 Å². The molecule has 0 radical (unpaired) electrons. The molecule has 59 heavy (non-hydrogen) atoms. The third-order valence-corrected chi connectivity index (χ3v) is 12.8. The van der Waals surface area contributed by atoms with Crippen molar-refractivity contribution >= 4 is 72.8 Å². The summed E-state index contributed by atoms with van der Waals surface area (Å²) in [7, 11) is 2.64. The summed E-state index contributed by atoms with van der Waals surface area (Å²) in [5.41, 5.74) is 1.81. The molecule has 0 heterocycles. The van der Waals surface area contributed by atoms with E-state index < -0.39 is 97.4 Å². The first-order chi connectivity index (χ1) is 27.7. The number of rotatable bonds is 8. The smallest absolute Gasteiger partial charge is 0.323 e. The lowest BCUT2D eigenvalue weighted by molar-refractivity contribution is -0.169. The van der Waals surface area contributed by atoms with Crippen molar-refractivity contribution in [2.75, 3.05) is 48.4 Å². The topological polar surface area (TPSA) is 272 Å². The predicted molar refractivity (Wildman–Crippen MR) is 219 cm³/mol. The minimum absolute atomic E-state index is 0.0543. The van der Waals surface area contributed by atoms with Crippen LogP contribution in [0.5, 0.6) is 5.75 Å². The van der Waals surface area contributed by atoms with Gasteiger partial charge in [-0.25, -0.2) is 13.2 Å². The number of amides is 3. The van der Waals surface area contributed by atoms with Crippen molar-refractivity contribution in [2.45, 2.75) is 35.5 Å². The number of phenols is 1. The average Bonchev–Trinajstić information content (AvgIpc) is 3.17. The lowest BCUT2D eigenvalue weighted by Gasteiger charge is -2.53. The summed E-state index contributed by atoms with van der Waals surface area (Å²) in [4.78, 5) is 56.3. The number of nitrogens with one attached hydrogen (secondary N) is 3. The first-order valence-electron chi connectivity index (χ1n) is 18.3. The summed E-state index contributed by atoms with van der Waals surface area (Å²) >= 11 is 0. The van der Waals surface area contributed by atoms with Gasteiger partial charge < -0.3 is 46.8 Å². The number of nitrogens with zero attached hydrogens (tertiary/aromatic N) is 2. The highest BCUT2D eigenvalue weighted by Gasteiger charge is 2.68. The molecule has 10 N–H and O–H groups in total. The fourth-order valence-corrected chi connectivity index (χ4v) is 9.73. The van der Waals surface area contributed by atoms with Crippen LogP contribution in [0.1, 0.15) is 24.0 Å². The Bertz CT molecular complexity index is 2660. The van der Waals surface area contributed by atoms with Gasteiger partial charge in [0.25, 0.3) is 15.9 Å². The first-order valence-corrected chi connectivity index (χ1v) is 19.8. The van der Waals surface area contributed by atoms with Crippen LogP contribution >= 0.6 is 0 Å². The van der Waals surface area contributed by atoms with E-state index in [1.165, 1.54) is 61.5 Å². The first kappa shape index (κ1) is 40.7. The number of nitrogens with two attached hydrogens (primary N) is 1. The van der Waals surface area contributed by atoms with Gasteiger partial charge >= 0.3 is 6.03 Å². The second-order valence-corrected chi connectivity index (χ2v) is 17.0. The monoisotopic (exact) mass is 826 g/mol. The summed E-state index contributed by atoms with van der Waals surface area (Å²) in [6.07, 6.45) is -1.76. The van der Waals surface area contributed by atoms with Crippen molar-refractivity contribution in [1.82, 2.24) is 4.90 Å². The molecule has 1 saturated carbocycles. The van der Waals surface area contributed by atoms with E-state index in [-0.39, 0.29) is 33.1 Å². The summed E-state index contributed by atoms with van der Waals surface area (Å²) < 4.78 is 29.1. The molecule has 4 aromatic rings. The van der Waals surface area contributed by atoms with Gasteiger partial charge in [0, 0.05) is 48.0 Å². The number of urea groups is 1. The van der Waals surface area contributed by atoms with Crippen LogP contribution in [-0.4, -0.2) is 108 Å². The Labute approximate surface area is 338 Å². The summed E-state index contributed by atoms with van der Waals surface area (Å²) in [5, 5.41) is 64.5. The minimum Gasteiger partial charge on any atom is -0.508 e. The number of ketones is 2. The van der Waals surface area contributed by atoms with Crippen molar-refractivity contribution in [3.63, 3.8) is 0 Å². The van der Waals surface area contributed by atoms with Crippen LogP contribution in [0.3, 0.4) is 0 Å². The number of hydrogen-bond donors (Lipinski definition) is 9. The second kappa shape index (κ2) is 14.4. The van der Waals surface area contributed by atoms with E-state index >= 15 is 0 Å². The van der Waals surface area contributed by atoms with Gasteiger partial charge in [0.15, 0.2) is 11.4 Å². The third kappa shape index (κ3) is 6.40. The SMILES string of the molecule is CC1c2ccc(NC(=O)Nc3ccc(NS(=O)(=O)c4ccc5c(N(C)C)cccc5c4)cc3)c(O)c2C(O)=C2C(=O)C3(O)C(O)=C(C(N)=O)C(=O)C(N(C)C)C3C(O)C21. The van der Waals surface area contributed by atoms with Gasteiger partial charge in [-0.3, -0.25) is 24.0 Å². The summed E-state index contributed by atoms with van der Waals surface area (Å²) in [6, 6.07) is 16.6. The highest BCUT2D eigenvalue weighted by molar-refractivity contribution is 7.92. The normalized spacial score (nSPS) is 24.0. The van der Waals surface area contributed by atoms with E-state index in [0.29, 0.717) is 0 Å². The number of aliphatic hydroxyl groups is 4. The highest BCUT2D eigenvalue weighted by Crippen LogP contribution is 2.56. The van der Waals surface area contributed by atoms with E-state index in [9.17, 15) is 53.1 Å². The van der Waals surface area contributed by atoms with Crippen LogP contribution in [0.15, 0.2) is 94.6 Å². The number of likely N-dealkylation sites (N-methyl/N-ethyl adjacent to an activating group) is 1. The molecule has 0 aromatic heterocycles. The molecule has 3 amide bonds. The number of aromatic hydroxyl groups is 1. The van der Waals surface area contributed by atoms with Gasteiger partial charge in [0.1, 0.15) is 22.8 Å². The number of benzene rings is 4. The number of anilines is 4. The minimum atomic E-state index is -3.99. The number of sulfonamides is 1. The number of fused-ring (bicyclic) bond motifs is 4. The van der Waals surface area contributed by atoms with Crippen molar-refractivity contribution in [3.8, 4) is 5.75 Å². The van der Waals surface area contributed by atoms with Gasteiger partial charge in [-0.2, -0.15) is 0 Å². The van der Waals surface area contributed by atoms with E-state index in [1.807, 2.05) is 37.2 Å². The molecule has 1 fully saturated rings. The Balaban J connectivity index is 1.12. The zero-order chi connectivity index (χ0) is 43.0. The number of primary amides is 1. The quantitative estimate of drug-likeness (QED) is 0.0914. The molecule has 0 saturated heterocycles. The second-order valence-electron chi connectivity index (χ2n) is 15.3. The number of aliphatic hydroxyl groups excluding tert-OH is 3. The molecule has 3 aliphatic rings. The highest BCUT2D eigenvalue weighted by atomic mass is 32.2. The molecule has 0 bridgehead atoms. The van der Waals surface area contributed by atoms with Crippen molar-refractivity contribution in [3.05, 3.63) is 101 Å². The van der Waals surface area contributed by atoms with Gasteiger partial charge in [-0.15, -0.1) is 0 Å². The van der Waals surface area contributed by atoms with Gasteiger partial charge in [0.05, 0.1) is 34.2 Å². The fourth-order valence-electron chi connectivity index (χ4n) is 8.64. The van der Waals surface area contributed by atoms with Gasteiger partial charge in [0.2, 0.25) is 5.78 Å². The largest absolute Gasteiger partial charge is 0.508 e. The number of hydrogen-bond acceptors (Lipinski definition) is 13. The van der Waals surface area contributed by atoms with E-state index in [1.54, 1.807) is 19.1 Å². The molecule has 6 atom stereocenters. The molecule has 4 aromatic carbocycles.